The van der Waals surface area contributed by atoms with Gasteiger partial charge >= 0.3 is 0 Å². The molecule has 0 aliphatic heterocycles. The average Bonchev–Trinajstić information content (AvgIpc) is 3.09. The summed E-state index contributed by atoms with van der Waals surface area (Å²) in [6, 6.07) is 7.50. The van der Waals surface area contributed by atoms with Crippen LogP contribution in [0.2, 0.25) is 0 Å². The molecule has 6 heteroatoms. The fraction of sp³-hybridized carbons (Fsp3) is 0.214. The number of thiophene rings is 1. The minimum atomic E-state index is -0.0307. The van der Waals surface area contributed by atoms with E-state index in [0.29, 0.717) is 13.0 Å². The van der Waals surface area contributed by atoms with Crippen LogP contribution in [0, 0.1) is 0 Å². The van der Waals surface area contributed by atoms with Crippen LogP contribution in [0.15, 0.2) is 35.8 Å². The molecule has 20 heavy (non-hydrogen) atoms. The smallest absolute Gasteiger partial charge is 0.261 e. The highest BCUT2D eigenvalue weighted by Gasteiger charge is 2.09. The van der Waals surface area contributed by atoms with E-state index < -0.39 is 0 Å². The van der Waals surface area contributed by atoms with Gasteiger partial charge < -0.3 is 9.88 Å². The van der Waals surface area contributed by atoms with Crippen molar-refractivity contribution in [1.82, 2.24) is 19.9 Å². The number of fused-ring (bicyclic) bond motifs is 1. The van der Waals surface area contributed by atoms with Crippen LogP contribution < -0.4 is 5.32 Å². The molecule has 1 amide bonds. The lowest BCUT2D eigenvalue weighted by Gasteiger charge is -2.04. The van der Waals surface area contributed by atoms with Gasteiger partial charge in [0.15, 0.2) is 5.65 Å². The summed E-state index contributed by atoms with van der Waals surface area (Å²) < 4.78 is 1.96. The number of aromatic nitrogens is 3. The van der Waals surface area contributed by atoms with Crippen LogP contribution in [0.4, 0.5) is 0 Å². The van der Waals surface area contributed by atoms with Gasteiger partial charge in [-0.2, -0.15) is 0 Å². The maximum atomic E-state index is 11.8. The van der Waals surface area contributed by atoms with Crippen LogP contribution in [0.3, 0.4) is 0 Å². The van der Waals surface area contributed by atoms with Crippen molar-refractivity contribution in [3.05, 3.63) is 46.5 Å². The van der Waals surface area contributed by atoms with Crippen molar-refractivity contribution < 1.29 is 4.79 Å². The first-order valence-electron chi connectivity index (χ1n) is 6.34. The van der Waals surface area contributed by atoms with E-state index in [9.17, 15) is 4.79 Å². The van der Waals surface area contributed by atoms with Gasteiger partial charge in [0.05, 0.1) is 4.88 Å². The Morgan fingerprint density at radius 3 is 3.05 bits per heavy atom. The number of nitrogens with zero attached hydrogens (tertiary/aromatic N) is 3. The Morgan fingerprint density at radius 1 is 1.40 bits per heavy atom. The van der Waals surface area contributed by atoms with Gasteiger partial charge in [-0.15, -0.1) is 11.3 Å². The minimum Gasteiger partial charge on any atom is -0.351 e. The molecule has 0 aliphatic rings. The van der Waals surface area contributed by atoms with E-state index in [-0.39, 0.29) is 5.91 Å². The first kappa shape index (κ1) is 12.8. The first-order valence-corrected chi connectivity index (χ1v) is 7.21. The van der Waals surface area contributed by atoms with E-state index in [2.05, 4.69) is 15.3 Å². The van der Waals surface area contributed by atoms with Crippen molar-refractivity contribution in [2.75, 3.05) is 6.54 Å². The Hall–Kier alpha value is -2.21. The van der Waals surface area contributed by atoms with Crippen molar-refractivity contribution in [2.45, 2.75) is 6.42 Å². The third kappa shape index (κ3) is 2.42. The summed E-state index contributed by atoms with van der Waals surface area (Å²) in [4.78, 5) is 21.4. The summed E-state index contributed by atoms with van der Waals surface area (Å²) >= 11 is 1.44. The summed E-state index contributed by atoms with van der Waals surface area (Å²) in [5.41, 5.74) is 1.75. The molecule has 102 valence electrons. The van der Waals surface area contributed by atoms with Crippen molar-refractivity contribution >= 4 is 28.4 Å². The first-order chi connectivity index (χ1) is 9.75. The molecule has 0 atom stereocenters. The Morgan fingerprint density at radius 2 is 2.30 bits per heavy atom. The molecule has 0 saturated carbocycles. The van der Waals surface area contributed by atoms with Gasteiger partial charge in [-0.1, -0.05) is 6.07 Å². The number of pyridine rings is 1. The molecule has 3 aromatic heterocycles. The van der Waals surface area contributed by atoms with E-state index in [0.717, 1.165) is 21.9 Å². The van der Waals surface area contributed by atoms with E-state index in [4.69, 9.17) is 0 Å². The molecule has 5 nitrogen and oxygen atoms in total. The third-order valence-electron chi connectivity index (χ3n) is 3.10. The Balaban J connectivity index is 1.65. The Labute approximate surface area is 120 Å². The highest BCUT2D eigenvalue weighted by Crippen LogP contribution is 2.12. The number of carbonyl (C=O) groups is 1. The molecule has 0 aromatic carbocycles. The van der Waals surface area contributed by atoms with Gasteiger partial charge in [0.2, 0.25) is 0 Å². The van der Waals surface area contributed by atoms with E-state index >= 15 is 0 Å². The van der Waals surface area contributed by atoms with Crippen LogP contribution in [0.5, 0.6) is 0 Å². The Bertz CT molecular complexity index is 733. The van der Waals surface area contributed by atoms with Gasteiger partial charge in [-0.3, -0.25) is 4.79 Å². The van der Waals surface area contributed by atoms with Gasteiger partial charge in [0.25, 0.3) is 5.91 Å². The molecule has 0 saturated heterocycles. The number of hydrogen-bond acceptors (Lipinski definition) is 4. The van der Waals surface area contributed by atoms with E-state index in [1.807, 2.05) is 41.3 Å². The SMILES string of the molecule is Cn1c(CCNC(=O)c2cccs2)nc2cccnc21. The molecule has 3 rings (SSSR count). The summed E-state index contributed by atoms with van der Waals surface area (Å²) in [5, 5.41) is 4.80. The van der Waals surface area contributed by atoms with Crippen molar-refractivity contribution in [2.24, 2.45) is 7.05 Å². The summed E-state index contributed by atoms with van der Waals surface area (Å²) in [7, 11) is 1.94. The van der Waals surface area contributed by atoms with Crippen molar-refractivity contribution in [1.29, 1.82) is 0 Å². The summed E-state index contributed by atoms with van der Waals surface area (Å²) in [6.45, 7) is 0.563. The number of rotatable bonds is 4. The molecule has 3 aromatic rings. The molecule has 0 fully saturated rings. The van der Waals surface area contributed by atoms with Crippen LogP contribution in [0.1, 0.15) is 15.5 Å². The molecule has 0 radical (unpaired) electrons. The standard InChI is InChI=1S/C14H14N4OS/c1-18-12(17-10-4-2-7-15-13(10)18)6-8-16-14(19)11-5-3-9-20-11/h2-5,7,9H,6,8H2,1H3,(H,16,19). The summed E-state index contributed by atoms with van der Waals surface area (Å²) in [5.74, 6) is 0.891. The van der Waals surface area contributed by atoms with Gasteiger partial charge in [0, 0.05) is 26.2 Å². The van der Waals surface area contributed by atoms with Crippen LogP contribution in [-0.4, -0.2) is 27.0 Å². The second-order valence-corrected chi connectivity index (χ2v) is 5.36. The number of amides is 1. The predicted molar refractivity (Wildman–Crippen MR) is 78.9 cm³/mol. The number of aryl methyl sites for hydroxylation is 1. The van der Waals surface area contributed by atoms with Gasteiger partial charge in [0.1, 0.15) is 11.3 Å². The normalized spacial score (nSPS) is 10.8. The third-order valence-corrected chi connectivity index (χ3v) is 3.97. The fourth-order valence-electron chi connectivity index (χ4n) is 2.08. The molecule has 0 bridgehead atoms. The number of carbonyl (C=O) groups excluding carboxylic acids is 1. The lowest BCUT2D eigenvalue weighted by Crippen LogP contribution is -2.25. The number of hydrogen-bond donors (Lipinski definition) is 1. The quantitative estimate of drug-likeness (QED) is 0.798. The maximum absolute atomic E-state index is 11.8. The largest absolute Gasteiger partial charge is 0.351 e. The second kappa shape index (κ2) is 5.42. The lowest BCUT2D eigenvalue weighted by atomic mass is 10.3. The molecule has 0 aliphatic carbocycles. The zero-order valence-electron chi connectivity index (χ0n) is 11.0. The van der Waals surface area contributed by atoms with Crippen LogP contribution in [0.25, 0.3) is 11.2 Å². The molecular weight excluding hydrogens is 272 g/mol. The summed E-state index contributed by atoms with van der Waals surface area (Å²) in [6.07, 6.45) is 2.44. The van der Waals surface area contributed by atoms with Crippen molar-refractivity contribution in [3.63, 3.8) is 0 Å². The van der Waals surface area contributed by atoms with Gasteiger partial charge in [-0.05, 0) is 23.6 Å². The van der Waals surface area contributed by atoms with E-state index in [1.54, 1.807) is 6.20 Å². The highest BCUT2D eigenvalue weighted by atomic mass is 32.1. The van der Waals surface area contributed by atoms with E-state index in [1.165, 1.54) is 11.3 Å². The average molecular weight is 286 g/mol. The monoisotopic (exact) mass is 286 g/mol. The lowest BCUT2D eigenvalue weighted by molar-refractivity contribution is 0.0958. The van der Waals surface area contributed by atoms with Gasteiger partial charge in [-0.25, -0.2) is 9.97 Å². The molecule has 0 unspecified atom stereocenters. The molecular formula is C14H14N4OS. The zero-order chi connectivity index (χ0) is 13.9. The minimum absolute atomic E-state index is 0.0307. The molecule has 3 heterocycles. The van der Waals surface area contributed by atoms with Crippen molar-refractivity contribution in [3.8, 4) is 0 Å². The van der Waals surface area contributed by atoms with Crippen LogP contribution in [-0.2, 0) is 13.5 Å². The fourth-order valence-corrected chi connectivity index (χ4v) is 2.72. The molecule has 1 N–H and O–H groups in total. The maximum Gasteiger partial charge on any atom is 0.261 e. The highest BCUT2D eigenvalue weighted by molar-refractivity contribution is 7.12. The zero-order valence-corrected chi connectivity index (χ0v) is 11.9. The number of imidazole rings is 1. The Kier molecular flexibility index (Phi) is 3.47. The van der Waals surface area contributed by atoms with Crippen LogP contribution >= 0.6 is 11.3 Å². The molecule has 0 spiro atoms. The second-order valence-electron chi connectivity index (χ2n) is 4.42. The topological polar surface area (TPSA) is 59.8 Å². The predicted octanol–water partition coefficient (Wildman–Crippen LogP) is 2.00. The number of nitrogens with one attached hydrogen (secondary N) is 1.